The van der Waals surface area contributed by atoms with Gasteiger partial charge in [0.15, 0.2) is 5.78 Å². The molecule has 1 fully saturated rings. The van der Waals surface area contributed by atoms with Gasteiger partial charge in [-0.3, -0.25) is 4.79 Å². The van der Waals surface area contributed by atoms with Gasteiger partial charge in [0.25, 0.3) is 0 Å². The van der Waals surface area contributed by atoms with Crippen molar-refractivity contribution >= 4 is 5.78 Å². The minimum atomic E-state index is -0.737. The Morgan fingerprint density at radius 2 is 2.24 bits per heavy atom. The Labute approximate surface area is 101 Å². The zero-order valence-electron chi connectivity index (χ0n) is 10.1. The first-order valence-electron chi connectivity index (χ1n) is 5.82. The van der Waals surface area contributed by atoms with Crippen LogP contribution in [0.1, 0.15) is 35.7 Å². The van der Waals surface area contributed by atoms with E-state index in [9.17, 15) is 4.79 Å². The van der Waals surface area contributed by atoms with Crippen molar-refractivity contribution in [2.24, 2.45) is 5.41 Å². The molecule has 0 amide bonds. The molecular weight excluding hydrogens is 214 g/mol. The summed E-state index contributed by atoms with van der Waals surface area (Å²) in [4.78, 5) is 12.1. The highest BCUT2D eigenvalue weighted by molar-refractivity contribution is 6.04. The molecule has 0 bridgehead atoms. The standard InChI is InChI=1S/C14H15NO2/c1-3-17-12-5-4-11(8-10(12)2)13(16)14(9-15)6-7-14/h4-5,8H,3,6-7H2,1-2H3. The summed E-state index contributed by atoms with van der Waals surface area (Å²) in [5.74, 6) is 0.747. The lowest BCUT2D eigenvalue weighted by Crippen LogP contribution is -2.14. The van der Waals surface area contributed by atoms with Crippen LogP contribution in [0.25, 0.3) is 0 Å². The highest BCUT2D eigenvalue weighted by Crippen LogP contribution is 2.47. The molecule has 0 aromatic heterocycles. The lowest BCUT2D eigenvalue weighted by atomic mass is 9.95. The topological polar surface area (TPSA) is 50.1 Å². The van der Waals surface area contributed by atoms with Crippen LogP contribution >= 0.6 is 0 Å². The van der Waals surface area contributed by atoms with E-state index >= 15 is 0 Å². The fourth-order valence-electron chi connectivity index (χ4n) is 1.90. The molecule has 0 radical (unpaired) electrons. The molecule has 1 aliphatic rings. The minimum Gasteiger partial charge on any atom is -0.494 e. The van der Waals surface area contributed by atoms with E-state index in [1.165, 1.54) is 0 Å². The Bertz CT molecular complexity index is 495. The van der Waals surface area contributed by atoms with Crippen molar-refractivity contribution in [3.8, 4) is 11.8 Å². The summed E-state index contributed by atoms with van der Waals surface area (Å²) in [5, 5.41) is 9.00. The van der Waals surface area contributed by atoms with Crippen LogP contribution in [0.15, 0.2) is 18.2 Å². The number of nitriles is 1. The minimum absolute atomic E-state index is 0.0499. The normalized spacial score (nSPS) is 16.1. The van der Waals surface area contributed by atoms with Gasteiger partial charge in [0.05, 0.1) is 12.7 Å². The molecule has 17 heavy (non-hydrogen) atoms. The summed E-state index contributed by atoms with van der Waals surface area (Å²) in [5.41, 5.74) is 0.816. The summed E-state index contributed by atoms with van der Waals surface area (Å²) in [6, 6.07) is 7.49. The van der Waals surface area contributed by atoms with Crippen LogP contribution in [0.5, 0.6) is 5.75 Å². The number of carbonyl (C=O) groups is 1. The first-order chi connectivity index (χ1) is 8.13. The van der Waals surface area contributed by atoms with Crippen molar-refractivity contribution < 1.29 is 9.53 Å². The van der Waals surface area contributed by atoms with Gasteiger partial charge in [-0.05, 0) is 50.5 Å². The number of Topliss-reactive ketones (excluding diaryl/α,β-unsaturated/α-hetero) is 1. The van der Waals surface area contributed by atoms with Gasteiger partial charge in [0.2, 0.25) is 0 Å². The summed E-state index contributed by atoms with van der Waals surface area (Å²) in [6.07, 6.45) is 1.38. The first-order valence-corrected chi connectivity index (χ1v) is 5.82. The van der Waals surface area contributed by atoms with Crippen LogP contribution in [-0.2, 0) is 0 Å². The van der Waals surface area contributed by atoms with Crippen molar-refractivity contribution in [3.05, 3.63) is 29.3 Å². The fourth-order valence-corrected chi connectivity index (χ4v) is 1.90. The number of ketones is 1. The molecule has 0 saturated heterocycles. The zero-order valence-corrected chi connectivity index (χ0v) is 10.1. The van der Waals surface area contributed by atoms with E-state index in [4.69, 9.17) is 10.00 Å². The van der Waals surface area contributed by atoms with Crippen molar-refractivity contribution in [1.82, 2.24) is 0 Å². The van der Waals surface area contributed by atoms with Crippen molar-refractivity contribution in [2.45, 2.75) is 26.7 Å². The zero-order chi connectivity index (χ0) is 12.5. The molecule has 0 N–H and O–H groups in total. The van der Waals surface area contributed by atoms with E-state index < -0.39 is 5.41 Å². The van der Waals surface area contributed by atoms with Crippen LogP contribution in [-0.4, -0.2) is 12.4 Å². The van der Waals surface area contributed by atoms with E-state index in [1.54, 1.807) is 12.1 Å². The van der Waals surface area contributed by atoms with Gasteiger partial charge < -0.3 is 4.74 Å². The maximum Gasteiger partial charge on any atom is 0.183 e. The molecule has 88 valence electrons. The lowest BCUT2D eigenvalue weighted by Gasteiger charge is -2.10. The van der Waals surface area contributed by atoms with Crippen LogP contribution < -0.4 is 4.74 Å². The van der Waals surface area contributed by atoms with E-state index in [2.05, 4.69) is 6.07 Å². The molecule has 0 heterocycles. The number of hydrogen-bond donors (Lipinski definition) is 0. The molecule has 2 rings (SSSR count). The van der Waals surface area contributed by atoms with Crippen LogP contribution in [0, 0.1) is 23.7 Å². The molecule has 0 spiro atoms. The molecule has 1 aromatic rings. The maximum atomic E-state index is 12.1. The van der Waals surface area contributed by atoms with Gasteiger partial charge in [-0.1, -0.05) is 0 Å². The van der Waals surface area contributed by atoms with E-state index in [-0.39, 0.29) is 5.78 Å². The number of ether oxygens (including phenoxy) is 1. The van der Waals surface area contributed by atoms with Crippen LogP contribution in [0.4, 0.5) is 0 Å². The maximum absolute atomic E-state index is 12.1. The van der Waals surface area contributed by atoms with Gasteiger partial charge in [0, 0.05) is 5.56 Å². The summed E-state index contributed by atoms with van der Waals surface area (Å²) < 4.78 is 5.42. The predicted octanol–water partition coefficient (Wildman–Crippen LogP) is 2.88. The molecule has 1 aromatic carbocycles. The molecule has 0 atom stereocenters. The summed E-state index contributed by atoms with van der Waals surface area (Å²) in [6.45, 7) is 4.44. The second-order valence-corrected chi connectivity index (χ2v) is 4.44. The van der Waals surface area contributed by atoms with E-state index in [0.717, 1.165) is 11.3 Å². The number of carbonyl (C=O) groups excluding carboxylic acids is 1. The van der Waals surface area contributed by atoms with Crippen LogP contribution in [0.2, 0.25) is 0 Å². The van der Waals surface area contributed by atoms with Gasteiger partial charge >= 0.3 is 0 Å². The number of benzene rings is 1. The Kier molecular flexibility index (Phi) is 2.89. The SMILES string of the molecule is CCOc1ccc(C(=O)C2(C#N)CC2)cc1C. The summed E-state index contributed by atoms with van der Waals surface area (Å²) >= 11 is 0. The average Bonchev–Trinajstić information content (AvgIpc) is 3.12. The van der Waals surface area contributed by atoms with Crippen LogP contribution in [0.3, 0.4) is 0 Å². The van der Waals surface area contributed by atoms with Gasteiger partial charge in [0.1, 0.15) is 11.2 Å². The molecule has 3 heteroatoms. The fraction of sp³-hybridized carbons (Fsp3) is 0.429. The van der Waals surface area contributed by atoms with Gasteiger partial charge in [-0.15, -0.1) is 0 Å². The second kappa shape index (κ2) is 4.21. The molecule has 0 unspecified atom stereocenters. The number of nitrogens with zero attached hydrogens (tertiary/aromatic N) is 1. The van der Waals surface area contributed by atoms with Gasteiger partial charge in [-0.25, -0.2) is 0 Å². The molecule has 1 saturated carbocycles. The second-order valence-electron chi connectivity index (χ2n) is 4.44. The third-order valence-electron chi connectivity index (χ3n) is 3.14. The average molecular weight is 229 g/mol. The Hall–Kier alpha value is -1.82. The van der Waals surface area contributed by atoms with Crippen molar-refractivity contribution in [2.75, 3.05) is 6.61 Å². The van der Waals surface area contributed by atoms with Crippen molar-refractivity contribution in [1.29, 1.82) is 5.26 Å². The first kappa shape index (κ1) is 11.7. The Morgan fingerprint density at radius 3 is 2.71 bits per heavy atom. The molecule has 3 nitrogen and oxygen atoms in total. The highest BCUT2D eigenvalue weighted by atomic mass is 16.5. The van der Waals surface area contributed by atoms with E-state index in [1.807, 2.05) is 19.9 Å². The molecule has 1 aliphatic carbocycles. The number of hydrogen-bond acceptors (Lipinski definition) is 3. The quantitative estimate of drug-likeness (QED) is 0.746. The predicted molar refractivity (Wildman–Crippen MR) is 64.0 cm³/mol. The largest absolute Gasteiger partial charge is 0.494 e. The Morgan fingerprint density at radius 1 is 1.53 bits per heavy atom. The lowest BCUT2D eigenvalue weighted by molar-refractivity contribution is 0.0934. The molecule has 0 aliphatic heterocycles. The number of aryl methyl sites for hydroxylation is 1. The number of rotatable bonds is 4. The van der Waals surface area contributed by atoms with E-state index in [0.29, 0.717) is 25.0 Å². The highest BCUT2D eigenvalue weighted by Gasteiger charge is 2.50. The molecular formula is C14H15NO2. The third kappa shape index (κ3) is 2.03. The third-order valence-corrected chi connectivity index (χ3v) is 3.14. The van der Waals surface area contributed by atoms with Gasteiger partial charge in [-0.2, -0.15) is 5.26 Å². The van der Waals surface area contributed by atoms with Crippen molar-refractivity contribution in [3.63, 3.8) is 0 Å². The summed E-state index contributed by atoms with van der Waals surface area (Å²) in [7, 11) is 0. The smallest absolute Gasteiger partial charge is 0.183 e. The Balaban J connectivity index is 2.27. The monoisotopic (exact) mass is 229 g/mol.